The number of nitriles is 1. The monoisotopic (exact) mass is 343 g/mol. The molecule has 0 saturated heterocycles. The van der Waals surface area contributed by atoms with Crippen molar-refractivity contribution in [2.45, 2.75) is 45.6 Å². The van der Waals surface area contributed by atoms with Crippen LogP contribution in [-0.2, 0) is 11.8 Å². The van der Waals surface area contributed by atoms with Crippen molar-refractivity contribution in [3.63, 3.8) is 0 Å². The van der Waals surface area contributed by atoms with Crippen molar-refractivity contribution in [3.8, 4) is 11.8 Å². The highest BCUT2D eigenvalue weighted by atomic mass is 16.5. The number of benzene rings is 2. The molecule has 0 N–H and O–H groups in total. The van der Waals surface area contributed by atoms with Gasteiger partial charge in [0.2, 0.25) is 0 Å². The fourth-order valence-electron chi connectivity index (χ4n) is 4.19. The Morgan fingerprint density at radius 3 is 2.58 bits per heavy atom. The first-order chi connectivity index (χ1) is 12.3. The van der Waals surface area contributed by atoms with E-state index in [0.717, 1.165) is 45.6 Å². The largest absolute Gasteiger partial charge is 0.491 e. The number of hydrogen-bond donors (Lipinski definition) is 0. The first-order valence-corrected chi connectivity index (χ1v) is 8.96. The number of ketones is 1. The molecule has 2 aromatic carbocycles. The first kappa shape index (κ1) is 16.6. The van der Waals surface area contributed by atoms with Gasteiger partial charge in [0, 0.05) is 16.6 Å². The van der Waals surface area contributed by atoms with Crippen LogP contribution in [0, 0.1) is 11.3 Å². The number of allylic oxidation sites excluding steroid dienone is 2. The number of fused-ring (bicyclic) bond motifs is 3. The maximum Gasteiger partial charge on any atom is 0.194 e. The Bertz CT molecular complexity index is 1020. The van der Waals surface area contributed by atoms with Gasteiger partial charge in [-0.1, -0.05) is 26.0 Å². The first-order valence-electron chi connectivity index (χ1n) is 8.96. The van der Waals surface area contributed by atoms with Crippen molar-refractivity contribution in [1.29, 1.82) is 5.26 Å². The molecule has 0 amide bonds. The van der Waals surface area contributed by atoms with Crippen molar-refractivity contribution in [2.24, 2.45) is 0 Å². The molecule has 0 heterocycles. The van der Waals surface area contributed by atoms with E-state index in [1.165, 1.54) is 0 Å². The van der Waals surface area contributed by atoms with Gasteiger partial charge in [0.1, 0.15) is 5.75 Å². The smallest absolute Gasteiger partial charge is 0.194 e. The van der Waals surface area contributed by atoms with Crippen molar-refractivity contribution >= 4 is 11.4 Å². The number of rotatable bonds is 2. The van der Waals surface area contributed by atoms with E-state index >= 15 is 0 Å². The minimum absolute atomic E-state index is 0.0612. The van der Waals surface area contributed by atoms with Crippen LogP contribution in [0.25, 0.3) is 5.57 Å². The summed E-state index contributed by atoms with van der Waals surface area (Å²) in [6, 6.07) is 13.7. The lowest BCUT2D eigenvalue weighted by molar-refractivity contribution is 0.105. The average molecular weight is 343 g/mol. The molecule has 2 aromatic rings. The molecular formula is C23H21NO2. The zero-order chi connectivity index (χ0) is 18.6. The third-order valence-corrected chi connectivity index (χ3v) is 5.43. The van der Waals surface area contributed by atoms with E-state index in [-0.39, 0.29) is 17.3 Å². The van der Waals surface area contributed by atoms with Crippen LogP contribution >= 0.6 is 0 Å². The van der Waals surface area contributed by atoms with Crippen LogP contribution in [0.3, 0.4) is 0 Å². The van der Waals surface area contributed by atoms with Crippen molar-refractivity contribution in [1.82, 2.24) is 0 Å². The Labute approximate surface area is 153 Å². The van der Waals surface area contributed by atoms with Crippen LogP contribution < -0.4 is 4.74 Å². The van der Waals surface area contributed by atoms with Crippen molar-refractivity contribution in [3.05, 3.63) is 69.8 Å². The summed E-state index contributed by atoms with van der Waals surface area (Å²) in [5.74, 6) is 0.789. The molecule has 4 rings (SSSR count). The van der Waals surface area contributed by atoms with Gasteiger partial charge >= 0.3 is 0 Å². The Morgan fingerprint density at radius 2 is 1.88 bits per heavy atom. The molecular weight excluding hydrogens is 322 g/mol. The lowest BCUT2D eigenvalue weighted by Gasteiger charge is -2.34. The van der Waals surface area contributed by atoms with E-state index in [9.17, 15) is 10.1 Å². The Morgan fingerprint density at radius 1 is 1.12 bits per heavy atom. The molecule has 26 heavy (non-hydrogen) atoms. The average Bonchev–Trinajstić information content (AvgIpc) is 2.99. The summed E-state index contributed by atoms with van der Waals surface area (Å²) in [7, 11) is 0. The minimum Gasteiger partial charge on any atom is -0.491 e. The van der Waals surface area contributed by atoms with Gasteiger partial charge in [-0.25, -0.2) is 0 Å². The van der Waals surface area contributed by atoms with Crippen LogP contribution in [0.15, 0.2) is 42.0 Å². The molecule has 2 aliphatic rings. The van der Waals surface area contributed by atoms with Gasteiger partial charge in [-0.05, 0) is 66.8 Å². The number of Topliss-reactive ketones (excluding diaryl/α,β-unsaturated/α-hetero) is 1. The topological polar surface area (TPSA) is 50.1 Å². The van der Waals surface area contributed by atoms with E-state index in [0.29, 0.717) is 5.56 Å². The number of hydrogen-bond acceptors (Lipinski definition) is 3. The summed E-state index contributed by atoms with van der Waals surface area (Å²) < 4.78 is 5.80. The fourth-order valence-corrected chi connectivity index (χ4v) is 4.19. The van der Waals surface area contributed by atoms with E-state index in [1.54, 1.807) is 6.07 Å². The van der Waals surface area contributed by atoms with Gasteiger partial charge < -0.3 is 4.74 Å². The summed E-state index contributed by atoms with van der Waals surface area (Å²) in [5.41, 5.74) is 6.18. The molecule has 3 heteroatoms. The van der Waals surface area contributed by atoms with Gasteiger partial charge in [0.15, 0.2) is 5.78 Å². The highest BCUT2D eigenvalue weighted by molar-refractivity contribution is 6.33. The SMILES string of the molecule is CC(C)Oc1ccc2c(c1)C(=O)C1=C(Cc3cc(C#N)ccc31)C2(C)C. The molecule has 2 aliphatic carbocycles. The normalized spacial score (nSPS) is 16.8. The maximum absolute atomic E-state index is 13.4. The van der Waals surface area contributed by atoms with Gasteiger partial charge in [-0.2, -0.15) is 5.26 Å². The third-order valence-electron chi connectivity index (χ3n) is 5.43. The maximum atomic E-state index is 13.4. The summed E-state index contributed by atoms with van der Waals surface area (Å²) in [6.45, 7) is 8.30. The summed E-state index contributed by atoms with van der Waals surface area (Å²) in [4.78, 5) is 13.4. The quantitative estimate of drug-likeness (QED) is 0.785. The molecule has 0 fully saturated rings. The molecule has 0 atom stereocenters. The van der Waals surface area contributed by atoms with Crippen LogP contribution in [0.1, 0.15) is 60.3 Å². The second-order valence-corrected chi connectivity index (χ2v) is 7.84. The molecule has 0 radical (unpaired) electrons. The Kier molecular flexibility index (Phi) is 3.56. The molecule has 0 bridgehead atoms. The minimum atomic E-state index is -0.235. The molecule has 130 valence electrons. The second kappa shape index (κ2) is 5.57. The van der Waals surface area contributed by atoms with Crippen molar-refractivity contribution in [2.75, 3.05) is 0 Å². The van der Waals surface area contributed by atoms with Crippen LogP contribution in [0.4, 0.5) is 0 Å². The summed E-state index contributed by atoms with van der Waals surface area (Å²) in [5, 5.41) is 9.18. The second-order valence-electron chi connectivity index (χ2n) is 7.84. The number of nitrogens with zero attached hydrogens (tertiary/aromatic N) is 1. The lowest BCUT2D eigenvalue weighted by Crippen LogP contribution is -2.29. The van der Waals surface area contributed by atoms with E-state index < -0.39 is 0 Å². The fraction of sp³-hybridized carbons (Fsp3) is 0.304. The Balaban J connectivity index is 1.87. The van der Waals surface area contributed by atoms with Gasteiger partial charge in [0.05, 0.1) is 17.7 Å². The summed E-state index contributed by atoms with van der Waals surface area (Å²) >= 11 is 0. The predicted molar refractivity (Wildman–Crippen MR) is 101 cm³/mol. The van der Waals surface area contributed by atoms with E-state index in [2.05, 4.69) is 19.9 Å². The zero-order valence-electron chi connectivity index (χ0n) is 15.5. The number of carbonyl (C=O) groups excluding carboxylic acids is 1. The van der Waals surface area contributed by atoms with Gasteiger partial charge in [0.25, 0.3) is 0 Å². The summed E-state index contributed by atoms with van der Waals surface area (Å²) in [6.07, 6.45) is 0.786. The number of carbonyl (C=O) groups is 1. The molecule has 0 saturated carbocycles. The zero-order valence-corrected chi connectivity index (χ0v) is 15.5. The molecule has 0 spiro atoms. The highest BCUT2D eigenvalue weighted by Gasteiger charge is 2.42. The molecule has 0 unspecified atom stereocenters. The van der Waals surface area contributed by atoms with E-state index in [1.807, 2.05) is 44.2 Å². The van der Waals surface area contributed by atoms with Crippen LogP contribution in [-0.4, -0.2) is 11.9 Å². The lowest BCUT2D eigenvalue weighted by atomic mass is 9.68. The van der Waals surface area contributed by atoms with Gasteiger partial charge in [-0.3, -0.25) is 4.79 Å². The molecule has 0 aromatic heterocycles. The standard InChI is InChI=1S/C23H21NO2/c1-13(2)26-16-6-8-19-18(11-16)22(25)21-17-7-5-14(12-24)9-15(17)10-20(21)23(19,3)4/h5-9,11,13H,10H2,1-4H3. The molecule has 3 nitrogen and oxygen atoms in total. The highest BCUT2D eigenvalue weighted by Crippen LogP contribution is 2.50. The Hall–Kier alpha value is -2.86. The molecule has 0 aliphatic heterocycles. The number of ether oxygens (including phenoxy) is 1. The van der Waals surface area contributed by atoms with Gasteiger partial charge in [-0.15, -0.1) is 0 Å². The van der Waals surface area contributed by atoms with Crippen molar-refractivity contribution < 1.29 is 9.53 Å². The van der Waals surface area contributed by atoms with E-state index in [4.69, 9.17) is 4.74 Å². The third kappa shape index (κ3) is 2.29. The van der Waals surface area contributed by atoms with Crippen LogP contribution in [0.5, 0.6) is 5.75 Å². The predicted octanol–water partition coefficient (Wildman–Crippen LogP) is 4.83. The van der Waals surface area contributed by atoms with Crippen LogP contribution in [0.2, 0.25) is 0 Å².